The Bertz CT molecular complexity index is 1270. The Balaban J connectivity index is 1.45. The molecular formula is C28H35N5O9. The molecule has 1 atom stereocenters. The van der Waals surface area contributed by atoms with Crippen molar-refractivity contribution in [3.05, 3.63) is 42.1 Å². The van der Waals surface area contributed by atoms with Gasteiger partial charge in [-0.05, 0) is 38.3 Å². The molecule has 1 saturated carbocycles. The lowest BCUT2D eigenvalue weighted by Crippen LogP contribution is -2.55. The summed E-state index contributed by atoms with van der Waals surface area (Å²) in [6.45, 7) is 2.47. The number of amides is 2. The van der Waals surface area contributed by atoms with Gasteiger partial charge in [0.25, 0.3) is 5.91 Å². The smallest absolute Gasteiger partial charge is 0.481 e. The highest BCUT2D eigenvalue weighted by molar-refractivity contribution is 5.96. The Hall–Kier alpha value is -4.46. The Kier molecular flexibility index (Phi) is 10.5. The standard InChI is InChI=1S/C28H35N5O9/c1-2-40-28(39)42-32-15-13-31(14-16-32)27(38)21(11-12-25(35)36)29-26(37)22-17-24(41-18-23(34)19-7-6-8-19)33(30-22)20-9-4-3-5-10-20/h3-5,9-10,17,19,21H,2,6-8,11-16,18H2,1H3,(H,29,37)(H,35,36)/t21-/m0/s1. The fraction of sp³-hybridized carbons (Fsp3) is 0.500. The van der Waals surface area contributed by atoms with Crippen LogP contribution in [0, 0.1) is 5.92 Å². The first kappa shape index (κ1) is 30.5. The van der Waals surface area contributed by atoms with Gasteiger partial charge in [0.05, 0.1) is 25.4 Å². The molecule has 1 aliphatic heterocycles. The summed E-state index contributed by atoms with van der Waals surface area (Å²) in [6.07, 6.45) is 1.37. The third-order valence-electron chi connectivity index (χ3n) is 7.10. The third-order valence-corrected chi connectivity index (χ3v) is 7.10. The Morgan fingerprint density at radius 1 is 1.07 bits per heavy atom. The van der Waals surface area contributed by atoms with Crippen molar-refractivity contribution in [1.29, 1.82) is 0 Å². The van der Waals surface area contributed by atoms with Crippen LogP contribution in [0.15, 0.2) is 36.4 Å². The van der Waals surface area contributed by atoms with Gasteiger partial charge in [0, 0.05) is 31.5 Å². The highest BCUT2D eigenvalue weighted by Gasteiger charge is 2.32. The van der Waals surface area contributed by atoms with Crippen LogP contribution >= 0.6 is 0 Å². The van der Waals surface area contributed by atoms with Gasteiger partial charge in [-0.25, -0.2) is 9.48 Å². The number of hydrogen-bond acceptors (Lipinski definition) is 10. The maximum atomic E-state index is 13.4. The molecule has 0 radical (unpaired) electrons. The van der Waals surface area contributed by atoms with Gasteiger partial charge in [-0.1, -0.05) is 24.6 Å². The summed E-state index contributed by atoms with van der Waals surface area (Å²) in [7, 11) is 0. The topological polar surface area (TPSA) is 170 Å². The average Bonchev–Trinajstić information content (AvgIpc) is 3.38. The van der Waals surface area contributed by atoms with Crippen LogP contribution in [0.3, 0.4) is 0 Å². The molecule has 2 aliphatic rings. The molecule has 42 heavy (non-hydrogen) atoms. The van der Waals surface area contributed by atoms with E-state index in [0.29, 0.717) is 5.69 Å². The number of carboxylic acid groups (broad SMARTS) is 1. The number of piperazine rings is 1. The number of ether oxygens (including phenoxy) is 2. The van der Waals surface area contributed by atoms with Crippen molar-refractivity contribution < 1.29 is 43.4 Å². The third kappa shape index (κ3) is 8.06. The molecule has 1 aromatic carbocycles. The lowest BCUT2D eigenvalue weighted by atomic mass is 9.82. The number of hydrogen-bond donors (Lipinski definition) is 2. The second-order valence-corrected chi connectivity index (χ2v) is 9.99. The summed E-state index contributed by atoms with van der Waals surface area (Å²) in [6, 6.07) is 9.18. The number of nitrogens with zero attached hydrogens (tertiary/aromatic N) is 4. The predicted molar refractivity (Wildman–Crippen MR) is 146 cm³/mol. The monoisotopic (exact) mass is 585 g/mol. The molecule has 2 aromatic rings. The number of carbonyl (C=O) groups excluding carboxylic acids is 4. The highest BCUT2D eigenvalue weighted by Crippen LogP contribution is 2.28. The second-order valence-electron chi connectivity index (χ2n) is 9.99. The average molecular weight is 586 g/mol. The van der Waals surface area contributed by atoms with Crippen LogP contribution in [-0.4, -0.2) is 100 Å². The number of aromatic nitrogens is 2. The number of benzene rings is 1. The van der Waals surface area contributed by atoms with E-state index in [4.69, 9.17) is 14.3 Å². The van der Waals surface area contributed by atoms with Crippen LogP contribution in [0.5, 0.6) is 5.88 Å². The van der Waals surface area contributed by atoms with E-state index in [1.54, 1.807) is 31.2 Å². The minimum atomic E-state index is -1.14. The summed E-state index contributed by atoms with van der Waals surface area (Å²) in [5, 5.41) is 17.6. The van der Waals surface area contributed by atoms with Crippen molar-refractivity contribution in [2.45, 2.75) is 45.1 Å². The number of rotatable bonds is 13. The predicted octanol–water partition coefficient (Wildman–Crippen LogP) is 1.82. The van der Waals surface area contributed by atoms with Crippen molar-refractivity contribution in [1.82, 2.24) is 25.1 Å². The number of nitrogens with one attached hydrogen (secondary N) is 1. The van der Waals surface area contributed by atoms with Gasteiger partial charge >= 0.3 is 12.1 Å². The first-order chi connectivity index (χ1) is 20.2. The number of para-hydroxylation sites is 1. The fourth-order valence-corrected chi connectivity index (χ4v) is 4.55. The van der Waals surface area contributed by atoms with E-state index in [-0.39, 0.29) is 75.5 Å². The van der Waals surface area contributed by atoms with E-state index in [2.05, 4.69) is 10.4 Å². The Labute approximate surface area is 242 Å². The van der Waals surface area contributed by atoms with Crippen molar-refractivity contribution in [3.8, 4) is 11.6 Å². The van der Waals surface area contributed by atoms with Gasteiger partial charge in [-0.2, -0.15) is 5.10 Å². The van der Waals surface area contributed by atoms with E-state index in [1.165, 1.54) is 20.7 Å². The molecule has 14 heteroatoms. The van der Waals surface area contributed by atoms with Gasteiger partial charge in [0.15, 0.2) is 11.5 Å². The lowest BCUT2D eigenvalue weighted by molar-refractivity contribution is -0.157. The van der Waals surface area contributed by atoms with Crippen molar-refractivity contribution in [3.63, 3.8) is 0 Å². The van der Waals surface area contributed by atoms with Crippen LogP contribution in [0.1, 0.15) is 49.5 Å². The highest BCUT2D eigenvalue weighted by atomic mass is 16.8. The zero-order valence-electron chi connectivity index (χ0n) is 23.4. The first-order valence-electron chi connectivity index (χ1n) is 14.0. The van der Waals surface area contributed by atoms with Gasteiger partial charge < -0.3 is 29.6 Å². The molecule has 4 rings (SSSR count). The molecule has 0 spiro atoms. The summed E-state index contributed by atoms with van der Waals surface area (Å²) < 4.78 is 12.0. The first-order valence-corrected chi connectivity index (χ1v) is 14.0. The van der Waals surface area contributed by atoms with Crippen LogP contribution in [-0.2, 0) is 24.0 Å². The van der Waals surface area contributed by atoms with Crippen molar-refractivity contribution in [2.75, 3.05) is 39.4 Å². The molecule has 0 unspecified atom stereocenters. The second kappa shape index (κ2) is 14.4. The molecule has 1 aliphatic carbocycles. The normalized spacial score (nSPS) is 16.2. The molecule has 2 amide bonds. The molecule has 226 valence electrons. The van der Waals surface area contributed by atoms with E-state index in [9.17, 15) is 29.1 Å². The number of Topliss-reactive ketones (excluding diaryl/α,β-unsaturated/α-hetero) is 1. The van der Waals surface area contributed by atoms with Crippen LogP contribution < -0.4 is 10.1 Å². The van der Waals surface area contributed by atoms with E-state index in [1.807, 2.05) is 6.07 Å². The molecule has 0 bridgehead atoms. The fourth-order valence-electron chi connectivity index (χ4n) is 4.55. The molecular weight excluding hydrogens is 550 g/mol. The quantitative estimate of drug-likeness (QED) is 0.329. The maximum Gasteiger partial charge on any atom is 0.527 e. The molecule has 1 saturated heterocycles. The maximum absolute atomic E-state index is 13.4. The summed E-state index contributed by atoms with van der Waals surface area (Å²) in [4.78, 5) is 68.5. The largest absolute Gasteiger partial charge is 0.527 e. The van der Waals surface area contributed by atoms with Gasteiger partial charge in [-0.3, -0.25) is 19.2 Å². The Morgan fingerprint density at radius 3 is 2.40 bits per heavy atom. The lowest BCUT2D eigenvalue weighted by Gasteiger charge is -2.35. The minimum absolute atomic E-state index is 0.0135. The van der Waals surface area contributed by atoms with Crippen LogP contribution in [0.4, 0.5) is 4.79 Å². The molecule has 2 heterocycles. The van der Waals surface area contributed by atoms with E-state index >= 15 is 0 Å². The van der Waals surface area contributed by atoms with E-state index < -0.39 is 30.0 Å². The summed E-state index contributed by atoms with van der Waals surface area (Å²) >= 11 is 0. The SMILES string of the molecule is CCOC(=O)ON1CCN(C(=O)[C@H](CCC(=O)O)NC(=O)c2cc(OCC(=O)C3CCC3)n(-c3ccccc3)n2)CC1. The van der Waals surface area contributed by atoms with E-state index in [0.717, 1.165) is 19.3 Å². The zero-order valence-corrected chi connectivity index (χ0v) is 23.4. The number of aliphatic carboxylic acids is 1. The number of carbonyl (C=O) groups is 5. The molecule has 14 nitrogen and oxygen atoms in total. The molecule has 1 aromatic heterocycles. The van der Waals surface area contributed by atoms with Crippen molar-refractivity contribution >= 4 is 29.7 Å². The molecule has 2 fully saturated rings. The summed E-state index contributed by atoms with van der Waals surface area (Å²) in [5.41, 5.74) is 0.537. The Morgan fingerprint density at radius 2 is 1.79 bits per heavy atom. The van der Waals surface area contributed by atoms with Gasteiger partial charge in [0.1, 0.15) is 12.6 Å². The van der Waals surface area contributed by atoms with Crippen LogP contribution in [0.25, 0.3) is 5.69 Å². The van der Waals surface area contributed by atoms with Crippen molar-refractivity contribution in [2.24, 2.45) is 5.92 Å². The van der Waals surface area contributed by atoms with Gasteiger partial charge in [0.2, 0.25) is 11.8 Å². The van der Waals surface area contributed by atoms with Crippen LogP contribution in [0.2, 0.25) is 0 Å². The molecule has 2 N–H and O–H groups in total. The summed E-state index contributed by atoms with van der Waals surface area (Å²) in [5.74, 6) is -2.13. The minimum Gasteiger partial charge on any atom is -0.481 e. The number of hydroxylamine groups is 2. The van der Waals surface area contributed by atoms with Gasteiger partial charge in [-0.15, -0.1) is 5.06 Å². The number of ketones is 1. The number of carboxylic acids is 1. The zero-order chi connectivity index (χ0) is 30.1.